The third-order valence-electron chi connectivity index (χ3n) is 3.10. The molecule has 3 amide bonds. The van der Waals surface area contributed by atoms with Crippen LogP contribution in [0.4, 0.5) is 4.79 Å². The number of carbonyl (C=O) groups excluding carboxylic acids is 2. The minimum atomic E-state index is -0.250. The van der Waals surface area contributed by atoms with Gasteiger partial charge in [-0.1, -0.05) is 5.92 Å². The summed E-state index contributed by atoms with van der Waals surface area (Å²) in [5.41, 5.74) is 0. The summed E-state index contributed by atoms with van der Waals surface area (Å²) in [6.45, 7) is 2.99. The van der Waals surface area contributed by atoms with Crippen molar-refractivity contribution in [3.63, 3.8) is 0 Å². The van der Waals surface area contributed by atoms with Gasteiger partial charge in [0.25, 0.3) is 5.91 Å². The highest BCUT2D eigenvalue weighted by atomic mass is 16.2. The Morgan fingerprint density at radius 3 is 2.83 bits per heavy atom. The van der Waals surface area contributed by atoms with E-state index in [4.69, 9.17) is 0 Å². The summed E-state index contributed by atoms with van der Waals surface area (Å²) >= 11 is 0. The summed E-state index contributed by atoms with van der Waals surface area (Å²) in [7, 11) is 1.65. The molecule has 18 heavy (non-hydrogen) atoms. The summed E-state index contributed by atoms with van der Waals surface area (Å²) < 4.78 is 0. The summed E-state index contributed by atoms with van der Waals surface area (Å²) in [6, 6.07) is 0.188. The minimum absolute atomic E-state index is 0.0284. The number of rotatable bonds is 3. The van der Waals surface area contributed by atoms with Crippen LogP contribution in [0.25, 0.3) is 0 Å². The molecule has 5 heteroatoms. The molecule has 0 radical (unpaired) electrons. The van der Waals surface area contributed by atoms with Crippen LogP contribution in [-0.4, -0.2) is 43.0 Å². The number of hydrogen-bond acceptors (Lipinski definition) is 2. The van der Waals surface area contributed by atoms with Crippen LogP contribution in [0.3, 0.4) is 0 Å². The van der Waals surface area contributed by atoms with Crippen molar-refractivity contribution in [3.05, 3.63) is 0 Å². The smallest absolute Gasteiger partial charge is 0.317 e. The number of piperidine rings is 1. The van der Waals surface area contributed by atoms with Crippen molar-refractivity contribution in [3.8, 4) is 11.8 Å². The minimum Gasteiger partial charge on any atom is -0.345 e. The first-order valence-corrected chi connectivity index (χ1v) is 6.38. The van der Waals surface area contributed by atoms with Gasteiger partial charge < -0.3 is 15.5 Å². The fourth-order valence-electron chi connectivity index (χ4n) is 2.22. The monoisotopic (exact) mass is 251 g/mol. The van der Waals surface area contributed by atoms with Gasteiger partial charge in [-0.2, -0.15) is 0 Å². The number of likely N-dealkylation sites (tertiary alicyclic amines) is 1. The Balaban J connectivity index is 2.39. The molecule has 0 saturated carbocycles. The molecule has 1 rings (SSSR count). The summed E-state index contributed by atoms with van der Waals surface area (Å²) in [6.07, 6.45) is 3.98. The maximum Gasteiger partial charge on any atom is 0.317 e. The zero-order valence-electron chi connectivity index (χ0n) is 11.1. The molecular weight excluding hydrogens is 230 g/mol. The van der Waals surface area contributed by atoms with E-state index in [-0.39, 0.29) is 18.0 Å². The fourth-order valence-corrected chi connectivity index (χ4v) is 2.22. The Kier molecular flexibility index (Phi) is 6.06. The van der Waals surface area contributed by atoms with Crippen LogP contribution in [0.15, 0.2) is 0 Å². The molecule has 0 spiro atoms. The lowest BCUT2D eigenvalue weighted by Gasteiger charge is -2.35. The van der Waals surface area contributed by atoms with Crippen LogP contribution < -0.4 is 10.6 Å². The van der Waals surface area contributed by atoms with Gasteiger partial charge in [-0.25, -0.2) is 4.79 Å². The van der Waals surface area contributed by atoms with Gasteiger partial charge in [0.15, 0.2) is 0 Å². The molecule has 0 aromatic rings. The molecule has 1 aliphatic rings. The Bertz CT molecular complexity index is 357. The lowest BCUT2D eigenvalue weighted by atomic mass is 10.00. The number of hydrogen-bond donors (Lipinski definition) is 2. The van der Waals surface area contributed by atoms with Gasteiger partial charge in [0.05, 0.1) is 0 Å². The highest BCUT2D eigenvalue weighted by molar-refractivity contribution is 5.93. The topological polar surface area (TPSA) is 61.4 Å². The molecule has 0 aromatic heterocycles. The van der Waals surface area contributed by atoms with E-state index in [1.54, 1.807) is 14.0 Å². The number of carbonyl (C=O) groups is 2. The number of urea groups is 1. The molecule has 1 atom stereocenters. The average Bonchev–Trinajstić information content (AvgIpc) is 2.39. The predicted molar refractivity (Wildman–Crippen MR) is 69.9 cm³/mol. The number of nitrogens with one attached hydrogen (secondary N) is 2. The molecule has 100 valence electrons. The Labute approximate surface area is 108 Å². The van der Waals surface area contributed by atoms with Crippen LogP contribution >= 0.6 is 0 Å². The molecule has 0 aromatic carbocycles. The second-order valence-corrected chi connectivity index (χ2v) is 4.32. The largest absolute Gasteiger partial charge is 0.345 e. The van der Waals surface area contributed by atoms with Crippen LogP contribution in [0.1, 0.15) is 32.6 Å². The Morgan fingerprint density at radius 2 is 2.17 bits per heavy atom. The highest BCUT2D eigenvalue weighted by Crippen LogP contribution is 2.19. The molecule has 1 saturated heterocycles. The van der Waals surface area contributed by atoms with Crippen LogP contribution in [0.5, 0.6) is 0 Å². The van der Waals surface area contributed by atoms with Gasteiger partial charge in [0.1, 0.15) is 0 Å². The van der Waals surface area contributed by atoms with E-state index < -0.39 is 0 Å². The average molecular weight is 251 g/mol. The lowest BCUT2D eigenvalue weighted by molar-refractivity contribution is -0.115. The van der Waals surface area contributed by atoms with E-state index in [0.717, 1.165) is 32.2 Å². The fraction of sp³-hybridized carbons (Fsp3) is 0.692. The quantitative estimate of drug-likeness (QED) is 0.726. The van der Waals surface area contributed by atoms with E-state index in [1.807, 2.05) is 4.90 Å². The first-order valence-electron chi connectivity index (χ1n) is 6.38. The Morgan fingerprint density at radius 1 is 1.39 bits per heavy atom. The van der Waals surface area contributed by atoms with Gasteiger partial charge in [0, 0.05) is 26.2 Å². The second kappa shape index (κ2) is 7.59. The van der Waals surface area contributed by atoms with Crippen molar-refractivity contribution in [2.45, 2.75) is 38.6 Å². The molecule has 2 N–H and O–H groups in total. The number of nitrogens with zero attached hydrogens (tertiary/aromatic N) is 1. The zero-order chi connectivity index (χ0) is 13.4. The van der Waals surface area contributed by atoms with Gasteiger partial charge in [-0.05, 0) is 38.5 Å². The normalized spacial score (nSPS) is 18.6. The molecule has 1 unspecified atom stereocenters. The van der Waals surface area contributed by atoms with E-state index in [2.05, 4.69) is 22.5 Å². The molecule has 1 aliphatic heterocycles. The highest BCUT2D eigenvalue weighted by Gasteiger charge is 2.25. The Hall–Kier alpha value is -1.70. The van der Waals surface area contributed by atoms with Crippen molar-refractivity contribution in [1.82, 2.24) is 15.5 Å². The number of amides is 3. The summed E-state index contributed by atoms with van der Waals surface area (Å²) in [5.74, 6) is 4.74. The van der Waals surface area contributed by atoms with Crippen molar-refractivity contribution in [1.29, 1.82) is 0 Å². The first-order chi connectivity index (χ1) is 8.69. The summed E-state index contributed by atoms with van der Waals surface area (Å²) in [5, 5.41) is 5.40. The van der Waals surface area contributed by atoms with E-state index in [9.17, 15) is 9.59 Å². The van der Waals surface area contributed by atoms with Crippen molar-refractivity contribution in [2.75, 3.05) is 20.1 Å². The third kappa shape index (κ3) is 4.28. The third-order valence-corrected chi connectivity index (χ3v) is 3.10. The molecule has 0 aliphatic carbocycles. The van der Waals surface area contributed by atoms with Gasteiger partial charge >= 0.3 is 6.03 Å². The molecule has 1 heterocycles. The second-order valence-electron chi connectivity index (χ2n) is 4.32. The van der Waals surface area contributed by atoms with Gasteiger partial charge in [0.2, 0.25) is 0 Å². The lowest BCUT2D eigenvalue weighted by Crippen LogP contribution is -2.48. The molecule has 0 bridgehead atoms. The summed E-state index contributed by atoms with van der Waals surface area (Å²) in [4.78, 5) is 24.7. The van der Waals surface area contributed by atoms with Gasteiger partial charge in [-0.3, -0.25) is 4.79 Å². The zero-order valence-corrected chi connectivity index (χ0v) is 11.1. The predicted octanol–water partition coefficient (Wildman–Crippen LogP) is 0.710. The SMILES string of the molecule is CC#CC(=O)NCCC1CCCCN1C(=O)NC. The van der Waals surface area contributed by atoms with Crippen LogP contribution in [0, 0.1) is 11.8 Å². The van der Waals surface area contributed by atoms with Crippen LogP contribution in [0.2, 0.25) is 0 Å². The first kappa shape index (κ1) is 14.4. The maximum absolute atomic E-state index is 11.7. The van der Waals surface area contributed by atoms with Crippen LogP contribution in [-0.2, 0) is 4.79 Å². The van der Waals surface area contributed by atoms with Crippen molar-refractivity contribution >= 4 is 11.9 Å². The molecule has 1 fully saturated rings. The van der Waals surface area contributed by atoms with E-state index >= 15 is 0 Å². The standard InChI is InChI=1S/C13H21N3O2/c1-3-6-12(17)15-9-8-11-7-4-5-10-16(11)13(18)14-2/h11H,4-5,7-10H2,1-2H3,(H,14,18)(H,15,17). The maximum atomic E-state index is 11.7. The molecular formula is C13H21N3O2. The van der Waals surface area contributed by atoms with E-state index in [0.29, 0.717) is 6.54 Å². The van der Waals surface area contributed by atoms with Crippen molar-refractivity contribution in [2.24, 2.45) is 0 Å². The molecule has 5 nitrogen and oxygen atoms in total. The van der Waals surface area contributed by atoms with Gasteiger partial charge in [-0.15, -0.1) is 0 Å². The van der Waals surface area contributed by atoms with Crippen molar-refractivity contribution < 1.29 is 9.59 Å². The van der Waals surface area contributed by atoms with E-state index in [1.165, 1.54) is 0 Å².